The lowest BCUT2D eigenvalue weighted by Crippen LogP contribution is -2.48. The van der Waals surface area contributed by atoms with Crippen LogP contribution in [0.2, 0.25) is 0 Å². The number of thiophene rings is 1. The molecule has 1 aliphatic heterocycles. The summed E-state index contributed by atoms with van der Waals surface area (Å²) >= 11 is 3.85. The molecule has 3 fully saturated rings. The number of rotatable bonds is 4. The van der Waals surface area contributed by atoms with Crippen LogP contribution in [0.3, 0.4) is 0 Å². The molecule has 2 bridgehead atoms. The Morgan fingerprint density at radius 1 is 1.21 bits per heavy atom. The molecular formula is C20H30N2S2. The average molecular weight is 363 g/mol. The number of thioether (sulfide) groups is 1. The maximum Gasteiger partial charge on any atom is 0.0944 e. The van der Waals surface area contributed by atoms with Crippen LogP contribution in [-0.4, -0.2) is 16.3 Å². The summed E-state index contributed by atoms with van der Waals surface area (Å²) in [6, 6.07) is 5.02. The van der Waals surface area contributed by atoms with E-state index in [2.05, 4.69) is 38.2 Å². The van der Waals surface area contributed by atoms with Crippen molar-refractivity contribution in [2.75, 3.05) is 5.75 Å². The van der Waals surface area contributed by atoms with Crippen LogP contribution in [-0.2, 0) is 6.54 Å². The van der Waals surface area contributed by atoms with Gasteiger partial charge in [-0.3, -0.25) is 4.99 Å². The highest BCUT2D eigenvalue weighted by atomic mass is 32.2. The molecule has 3 unspecified atom stereocenters. The van der Waals surface area contributed by atoms with Gasteiger partial charge in [-0.1, -0.05) is 6.92 Å². The lowest BCUT2D eigenvalue weighted by Gasteiger charge is -2.47. The van der Waals surface area contributed by atoms with Crippen molar-refractivity contribution in [3.8, 4) is 0 Å². The van der Waals surface area contributed by atoms with Crippen LogP contribution in [0.1, 0.15) is 68.7 Å². The molecule has 132 valence electrons. The van der Waals surface area contributed by atoms with Crippen LogP contribution in [0.5, 0.6) is 0 Å². The quantitative estimate of drug-likeness (QED) is 0.748. The van der Waals surface area contributed by atoms with Gasteiger partial charge in [-0.2, -0.15) is 0 Å². The molecule has 2 nitrogen and oxygen atoms in total. The maximum absolute atomic E-state index is 4.75. The van der Waals surface area contributed by atoms with Gasteiger partial charge in [0.15, 0.2) is 0 Å². The second-order valence-corrected chi connectivity index (χ2v) is 11.1. The van der Waals surface area contributed by atoms with Crippen molar-refractivity contribution < 1.29 is 0 Å². The van der Waals surface area contributed by atoms with Gasteiger partial charge in [-0.05, 0) is 75.8 Å². The van der Waals surface area contributed by atoms with E-state index in [9.17, 15) is 0 Å². The Morgan fingerprint density at radius 2 is 2.04 bits per heavy atom. The second-order valence-electron chi connectivity index (χ2n) is 8.65. The molecule has 3 aliphatic carbocycles. The van der Waals surface area contributed by atoms with Crippen LogP contribution in [0.15, 0.2) is 17.1 Å². The second kappa shape index (κ2) is 6.77. The molecule has 1 aromatic rings. The molecular weight excluding hydrogens is 332 g/mol. The van der Waals surface area contributed by atoms with Crippen LogP contribution in [0.25, 0.3) is 0 Å². The van der Waals surface area contributed by atoms with Gasteiger partial charge in [-0.25, -0.2) is 0 Å². The largest absolute Gasteiger partial charge is 0.307 e. The Kier molecular flexibility index (Phi) is 4.83. The van der Waals surface area contributed by atoms with Crippen LogP contribution in [0.4, 0.5) is 0 Å². The monoisotopic (exact) mass is 362 g/mol. The summed E-state index contributed by atoms with van der Waals surface area (Å²) in [6.45, 7) is 8.08. The topological polar surface area (TPSA) is 24.4 Å². The number of hydrogen-bond donors (Lipinski definition) is 1. The fraction of sp³-hybridized carbons (Fsp3) is 0.750. The number of aliphatic imine (C=N–C) groups is 1. The number of nitrogens with one attached hydrogen (secondary N) is 1. The van der Waals surface area contributed by atoms with Crippen molar-refractivity contribution in [2.24, 2.45) is 22.7 Å². The molecule has 4 aliphatic rings. The van der Waals surface area contributed by atoms with Gasteiger partial charge in [-0.15, -0.1) is 23.1 Å². The van der Waals surface area contributed by atoms with Crippen LogP contribution in [0, 0.1) is 17.8 Å². The standard InChI is InChI=1S/C20H30N2S2/c1-13-6-15-7-16(8-15)10-20(3,9-13)21-11-17-4-5-19(24-17)18-12-23-14(2)22-18/h4-5,13,15-16,18,21H,6-12H2,1-3H3. The molecule has 0 radical (unpaired) electrons. The first-order valence-corrected chi connectivity index (χ1v) is 11.3. The predicted molar refractivity (Wildman–Crippen MR) is 107 cm³/mol. The van der Waals surface area contributed by atoms with Crippen LogP contribution < -0.4 is 5.32 Å². The summed E-state index contributed by atoms with van der Waals surface area (Å²) < 4.78 is 0. The van der Waals surface area contributed by atoms with Crippen molar-refractivity contribution >= 4 is 28.1 Å². The Hall–Kier alpha value is -0.320. The highest BCUT2D eigenvalue weighted by molar-refractivity contribution is 8.14. The molecule has 24 heavy (non-hydrogen) atoms. The first-order valence-electron chi connectivity index (χ1n) is 9.50. The number of fused-ring (bicyclic) bond motifs is 4. The lowest BCUT2D eigenvalue weighted by atomic mass is 9.62. The van der Waals surface area contributed by atoms with Gasteiger partial charge in [0.05, 0.1) is 11.1 Å². The third-order valence-electron chi connectivity index (χ3n) is 6.10. The summed E-state index contributed by atoms with van der Waals surface area (Å²) in [5.74, 6) is 4.01. The van der Waals surface area contributed by atoms with E-state index < -0.39 is 0 Å². The van der Waals surface area contributed by atoms with Crippen molar-refractivity contribution in [1.29, 1.82) is 0 Å². The minimum absolute atomic E-state index is 0.317. The van der Waals surface area contributed by atoms with E-state index in [1.54, 1.807) is 0 Å². The van der Waals surface area contributed by atoms with Crippen molar-refractivity contribution in [3.05, 3.63) is 21.9 Å². The van der Waals surface area contributed by atoms with E-state index >= 15 is 0 Å². The molecule has 3 saturated carbocycles. The maximum atomic E-state index is 4.75. The van der Waals surface area contributed by atoms with E-state index in [0.717, 1.165) is 30.1 Å². The van der Waals surface area contributed by atoms with Gasteiger partial charge in [0.25, 0.3) is 0 Å². The third kappa shape index (κ3) is 3.76. The Balaban J connectivity index is 1.38. The smallest absolute Gasteiger partial charge is 0.0944 e. The number of nitrogens with zero attached hydrogens (tertiary/aromatic N) is 1. The van der Waals surface area contributed by atoms with Gasteiger partial charge in [0.2, 0.25) is 0 Å². The first kappa shape index (κ1) is 17.1. The van der Waals surface area contributed by atoms with Crippen molar-refractivity contribution in [2.45, 2.75) is 71.0 Å². The zero-order valence-corrected chi connectivity index (χ0v) is 16.8. The van der Waals surface area contributed by atoms with E-state index in [1.165, 1.54) is 46.9 Å². The van der Waals surface area contributed by atoms with Gasteiger partial charge >= 0.3 is 0 Å². The Bertz CT molecular complexity index is 613. The zero-order chi connectivity index (χ0) is 16.7. The SMILES string of the molecule is CC1=NC(c2ccc(CNC3(C)CC(C)CC4CC(C4)C3)s2)CS1. The van der Waals surface area contributed by atoms with Gasteiger partial charge in [0.1, 0.15) is 0 Å². The van der Waals surface area contributed by atoms with Crippen LogP contribution >= 0.6 is 23.1 Å². The summed E-state index contributed by atoms with van der Waals surface area (Å²) in [5, 5.41) is 5.19. The van der Waals surface area contributed by atoms with E-state index in [0.29, 0.717) is 11.6 Å². The molecule has 5 rings (SSSR count). The fourth-order valence-electron chi connectivity index (χ4n) is 5.13. The van der Waals surface area contributed by atoms with Gasteiger partial charge in [0, 0.05) is 27.6 Å². The predicted octanol–water partition coefficient (Wildman–Crippen LogP) is 5.65. The molecule has 0 saturated heterocycles. The highest BCUT2D eigenvalue weighted by Crippen LogP contribution is 2.47. The minimum atomic E-state index is 0.317. The number of hydrogen-bond acceptors (Lipinski definition) is 4. The molecule has 0 spiro atoms. The van der Waals surface area contributed by atoms with E-state index in [-0.39, 0.29) is 0 Å². The Labute approximate surface area is 154 Å². The fourth-order valence-corrected chi connectivity index (χ4v) is 7.08. The molecule has 0 aromatic carbocycles. The molecule has 2 heterocycles. The van der Waals surface area contributed by atoms with Crippen molar-refractivity contribution in [3.63, 3.8) is 0 Å². The summed E-state index contributed by atoms with van der Waals surface area (Å²) in [5.41, 5.74) is 0.317. The normalized spacial score (nSPS) is 39.0. The van der Waals surface area contributed by atoms with Crippen molar-refractivity contribution in [1.82, 2.24) is 5.32 Å². The first-order chi connectivity index (χ1) is 11.5. The zero-order valence-electron chi connectivity index (χ0n) is 15.2. The minimum Gasteiger partial charge on any atom is -0.307 e. The lowest BCUT2D eigenvalue weighted by molar-refractivity contribution is 0.0703. The average Bonchev–Trinajstić information content (AvgIpc) is 3.09. The van der Waals surface area contributed by atoms with E-state index in [4.69, 9.17) is 4.99 Å². The molecule has 3 atom stereocenters. The summed E-state index contributed by atoms with van der Waals surface area (Å²) in [6.07, 6.45) is 7.13. The molecule has 0 amide bonds. The Morgan fingerprint density at radius 3 is 2.79 bits per heavy atom. The molecule has 1 N–H and O–H groups in total. The summed E-state index contributed by atoms with van der Waals surface area (Å²) in [4.78, 5) is 7.66. The van der Waals surface area contributed by atoms with E-state index in [1.807, 2.05) is 23.1 Å². The third-order valence-corrected chi connectivity index (χ3v) is 8.29. The summed E-state index contributed by atoms with van der Waals surface area (Å²) in [7, 11) is 0. The molecule has 4 heteroatoms. The molecule has 1 aromatic heterocycles. The highest BCUT2D eigenvalue weighted by Gasteiger charge is 2.40. The van der Waals surface area contributed by atoms with Gasteiger partial charge < -0.3 is 5.32 Å².